The molecule has 1 aromatic carbocycles. The molecule has 0 atom stereocenters. The molecule has 0 saturated heterocycles. The first-order chi connectivity index (χ1) is 9.42. The average molecular weight is 307 g/mol. The molecule has 0 spiro atoms. The van der Waals surface area contributed by atoms with Crippen LogP contribution < -0.4 is 4.72 Å². The number of carboxylic acids is 1. The van der Waals surface area contributed by atoms with Crippen LogP contribution in [0.25, 0.3) is 0 Å². The number of rotatable bonds is 4. The largest absolute Gasteiger partial charge is 0.477 e. The Bertz CT molecular complexity index is 800. The molecule has 2 N–H and O–H groups in total. The van der Waals surface area contributed by atoms with E-state index in [1.165, 1.54) is 11.4 Å². The summed E-state index contributed by atoms with van der Waals surface area (Å²) in [7, 11) is -3.82. The van der Waals surface area contributed by atoms with Crippen LogP contribution in [0.2, 0.25) is 0 Å². The van der Waals surface area contributed by atoms with Crippen LogP contribution in [-0.4, -0.2) is 19.5 Å². The zero-order valence-corrected chi connectivity index (χ0v) is 11.7. The number of sulfonamides is 1. The number of aromatic carboxylic acids is 1. The summed E-state index contributed by atoms with van der Waals surface area (Å²) in [5.74, 6) is 1.24. The van der Waals surface area contributed by atoms with Crippen molar-refractivity contribution < 1.29 is 18.3 Å². The van der Waals surface area contributed by atoms with Crippen molar-refractivity contribution in [3.05, 3.63) is 46.2 Å². The third-order valence-corrected chi connectivity index (χ3v) is 4.81. The smallest absolute Gasteiger partial charge is 0.345 e. The predicted octanol–water partition coefficient (Wildman–Crippen LogP) is 2.23. The second-order valence-corrected chi connectivity index (χ2v) is 6.38. The number of carbonyl (C=O) groups is 1. The van der Waals surface area contributed by atoms with E-state index in [0.717, 1.165) is 17.4 Å². The molecule has 0 unspecified atom stereocenters. The van der Waals surface area contributed by atoms with Gasteiger partial charge in [-0.25, -0.2) is 13.2 Å². The Hall–Kier alpha value is -2.30. The lowest BCUT2D eigenvalue weighted by atomic mass is 10.2. The van der Waals surface area contributed by atoms with E-state index < -0.39 is 16.0 Å². The molecule has 2 rings (SSSR count). The van der Waals surface area contributed by atoms with Crippen LogP contribution in [0.5, 0.6) is 0 Å². The van der Waals surface area contributed by atoms with Crippen molar-refractivity contribution in [3.8, 4) is 12.3 Å². The van der Waals surface area contributed by atoms with Crippen LogP contribution in [0.4, 0.5) is 5.69 Å². The van der Waals surface area contributed by atoms with Crippen molar-refractivity contribution in [1.29, 1.82) is 0 Å². The van der Waals surface area contributed by atoms with Gasteiger partial charge >= 0.3 is 5.97 Å². The van der Waals surface area contributed by atoms with E-state index in [2.05, 4.69) is 10.6 Å². The van der Waals surface area contributed by atoms with Crippen molar-refractivity contribution in [2.24, 2.45) is 0 Å². The minimum Gasteiger partial charge on any atom is -0.477 e. The summed E-state index contributed by atoms with van der Waals surface area (Å²) in [6.07, 6.45) is 5.24. The highest BCUT2D eigenvalue weighted by molar-refractivity contribution is 7.92. The standard InChI is InChI=1S/C13H9NO4S2/c1-2-9-4-3-5-10(6-9)14-20(17,18)11-7-12(13(15)16)19-8-11/h1,3-8,14H,(H,15,16). The number of carboxylic acid groups (broad SMARTS) is 1. The number of nitrogens with one attached hydrogen (secondary N) is 1. The molecule has 20 heavy (non-hydrogen) atoms. The van der Waals surface area contributed by atoms with Gasteiger partial charge in [0.2, 0.25) is 0 Å². The van der Waals surface area contributed by atoms with E-state index >= 15 is 0 Å². The molecule has 0 bridgehead atoms. The molecule has 102 valence electrons. The Morgan fingerprint density at radius 1 is 1.35 bits per heavy atom. The van der Waals surface area contributed by atoms with Gasteiger partial charge in [0.1, 0.15) is 4.88 Å². The molecular weight excluding hydrogens is 298 g/mol. The second kappa shape index (κ2) is 5.36. The maximum atomic E-state index is 12.1. The van der Waals surface area contributed by atoms with Crippen molar-refractivity contribution in [1.82, 2.24) is 0 Å². The molecular formula is C13H9NO4S2. The fraction of sp³-hybridized carbons (Fsp3) is 0. The van der Waals surface area contributed by atoms with Gasteiger partial charge < -0.3 is 5.11 Å². The summed E-state index contributed by atoms with van der Waals surface area (Å²) in [5, 5.41) is 10.1. The molecule has 7 heteroatoms. The minimum atomic E-state index is -3.82. The molecule has 0 radical (unpaired) electrons. The summed E-state index contributed by atoms with van der Waals surface area (Å²) in [5.41, 5.74) is 0.866. The van der Waals surface area contributed by atoms with Crippen molar-refractivity contribution in [2.75, 3.05) is 4.72 Å². The Kier molecular flexibility index (Phi) is 3.79. The van der Waals surface area contributed by atoms with Crippen molar-refractivity contribution in [3.63, 3.8) is 0 Å². The molecule has 0 amide bonds. The van der Waals surface area contributed by atoms with Gasteiger partial charge in [-0.15, -0.1) is 17.8 Å². The van der Waals surface area contributed by atoms with E-state index in [0.29, 0.717) is 11.3 Å². The van der Waals surface area contributed by atoms with Gasteiger partial charge in [-0.05, 0) is 24.3 Å². The van der Waals surface area contributed by atoms with Gasteiger partial charge in [0.15, 0.2) is 0 Å². The van der Waals surface area contributed by atoms with Crippen molar-refractivity contribution in [2.45, 2.75) is 4.90 Å². The Morgan fingerprint density at radius 2 is 2.10 bits per heavy atom. The van der Waals surface area contributed by atoms with Gasteiger partial charge in [0.25, 0.3) is 10.0 Å². The number of thiophene rings is 1. The van der Waals surface area contributed by atoms with Crippen LogP contribution in [-0.2, 0) is 10.0 Å². The lowest BCUT2D eigenvalue weighted by Gasteiger charge is -2.06. The molecule has 0 aliphatic heterocycles. The molecule has 0 aliphatic rings. The zero-order valence-electron chi connectivity index (χ0n) is 10.0. The highest BCUT2D eigenvalue weighted by Gasteiger charge is 2.18. The maximum Gasteiger partial charge on any atom is 0.345 e. The van der Waals surface area contributed by atoms with E-state index in [1.807, 2.05) is 0 Å². The normalized spacial score (nSPS) is 10.8. The van der Waals surface area contributed by atoms with E-state index in [9.17, 15) is 13.2 Å². The Balaban J connectivity index is 2.30. The molecule has 0 saturated carbocycles. The average Bonchev–Trinajstić information content (AvgIpc) is 2.89. The predicted molar refractivity (Wildman–Crippen MR) is 76.5 cm³/mol. The Morgan fingerprint density at radius 3 is 2.70 bits per heavy atom. The van der Waals surface area contributed by atoms with Crippen LogP contribution in [0.1, 0.15) is 15.2 Å². The van der Waals surface area contributed by atoms with Crippen LogP contribution in [0.15, 0.2) is 40.6 Å². The Labute approximate surface area is 119 Å². The molecule has 1 aromatic heterocycles. The quantitative estimate of drug-likeness (QED) is 0.848. The van der Waals surface area contributed by atoms with Gasteiger partial charge in [0, 0.05) is 10.9 Å². The van der Waals surface area contributed by atoms with Gasteiger partial charge in [-0.1, -0.05) is 12.0 Å². The molecule has 5 nitrogen and oxygen atoms in total. The van der Waals surface area contributed by atoms with Crippen LogP contribution in [0, 0.1) is 12.3 Å². The van der Waals surface area contributed by atoms with Gasteiger partial charge in [-0.3, -0.25) is 4.72 Å². The summed E-state index contributed by atoms with van der Waals surface area (Å²) >= 11 is 0.852. The maximum absolute atomic E-state index is 12.1. The highest BCUT2D eigenvalue weighted by atomic mass is 32.2. The number of hydrogen-bond acceptors (Lipinski definition) is 4. The third kappa shape index (κ3) is 2.99. The first-order valence-electron chi connectivity index (χ1n) is 5.34. The second-order valence-electron chi connectivity index (χ2n) is 3.78. The van der Waals surface area contributed by atoms with E-state index in [-0.39, 0.29) is 9.77 Å². The number of benzene rings is 1. The monoisotopic (exact) mass is 307 g/mol. The minimum absolute atomic E-state index is 0.0391. The number of anilines is 1. The summed E-state index contributed by atoms with van der Waals surface area (Å²) in [6.45, 7) is 0. The number of terminal acetylenes is 1. The van der Waals surface area contributed by atoms with Gasteiger partial charge in [-0.2, -0.15) is 0 Å². The zero-order chi connectivity index (χ0) is 14.8. The highest BCUT2D eigenvalue weighted by Crippen LogP contribution is 2.22. The molecule has 0 fully saturated rings. The number of hydrogen-bond donors (Lipinski definition) is 2. The molecule has 1 heterocycles. The van der Waals surface area contributed by atoms with Crippen molar-refractivity contribution >= 4 is 33.0 Å². The van der Waals surface area contributed by atoms with E-state index in [4.69, 9.17) is 11.5 Å². The SMILES string of the molecule is C#Cc1cccc(NS(=O)(=O)c2csc(C(=O)O)c2)c1. The third-order valence-electron chi connectivity index (χ3n) is 2.38. The first kappa shape index (κ1) is 14.1. The lowest BCUT2D eigenvalue weighted by Crippen LogP contribution is -2.12. The fourth-order valence-corrected chi connectivity index (χ4v) is 3.62. The van der Waals surface area contributed by atoms with Crippen LogP contribution >= 0.6 is 11.3 Å². The molecule has 2 aromatic rings. The molecule has 0 aliphatic carbocycles. The summed E-state index contributed by atoms with van der Waals surface area (Å²) in [4.78, 5) is 10.6. The summed E-state index contributed by atoms with van der Waals surface area (Å²) in [6, 6.07) is 7.49. The lowest BCUT2D eigenvalue weighted by molar-refractivity contribution is 0.0702. The first-order valence-corrected chi connectivity index (χ1v) is 7.70. The van der Waals surface area contributed by atoms with Gasteiger partial charge in [0.05, 0.1) is 10.6 Å². The summed E-state index contributed by atoms with van der Waals surface area (Å²) < 4.78 is 26.5. The van der Waals surface area contributed by atoms with E-state index in [1.54, 1.807) is 18.2 Å². The van der Waals surface area contributed by atoms with Crippen LogP contribution in [0.3, 0.4) is 0 Å². The topological polar surface area (TPSA) is 83.5 Å². The fourth-order valence-electron chi connectivity index (χ4n) is 1.46.